The second-order valence-electron chi connectivity index (χ2n) is 7.52. The first-order chi connectivity index (χ1) is 12.7. The number of fused-ring (bicyclic) bond motifs is 1. The van der Waals surface area contributed by atoms with Crippen LogP contribution in [0.5, 0.6) is 0 Å². The topological polar surface area (TPSA) is 59.3 Å². The molecule has 142 valence electrons. The Labute approximate surface area is 155 Å². The average Bonchev–Trinajstić information content (AvgIpc) is 3.20. The molecule has 2 aliphatic rings. The summed E-state index contributed by atoms with van der Waals surface area (Å²) >= 11 is 0. The summed E-state index contributed by atoms with van der Waals surface area (Å²) < 4.78 is 8.02. The predicted molar refractivity (Wildman–Crippen MR) is 103 cm³/mol. The average molecular weight is 358 g/mol. The van der Waals surface area contributed by atoms with E-state index in [1.165, 1.54) is 25.9 Å². The summed E-state index contributed by atoms with van der Waals surface area (Å²) in [6.45, 7) is 8.31. The van der Waals surface area contributed by atoms with Crippen LogP contribution in [0, 0.1) is 0 Å². The Hall–Kier alpha value is -1.73. The fraction of sp³-hybridized carbons (Fsp3) is 0.737. The Morgan fingerprint density at radius 1 is 1.15 bits per heavy atom. The lowest BCUT2D eigenvalue weighted by Gasteiger charge is -2.28. The Kier molecular flexibility index (Phi) is 5.36. The number of likely N-dealkylation sites (tertiary alicyclic amines) is 1. The Bertz CT molecular complexity index is 739. The minimum atomic E-state index is 0.243. The molecule has 0 aromatic carbocycles. The van der Waals surface area contributed by atoms with Gasteiger partial charge in [0.25, 0.3) is 0 Å². The van der Waals surface area contributed by atoms with Gasteiger partial charge < -0.3 is 14.5 Å². The van der Waals surface area contributed by atoms with Gasteiger partial charge in [-0.1, -0.05) is 6.92 Å². The van der Waals surface area contributed by atoms with Crippen LogP contribution in [0.4, 0.5) is 5.82 Å². The van der Waals surface area contributed by atoms with E-state index in [0.29, 0.717) is 0 Å². The molecule has 7 nitrogen and oxygen atoms in total. The molecule has 7 heteroatoms. The van der Waals surface area contributed by atoms with Crippen LogP contribution in [0.25, 0.3) is 11.0 Å². The maximum Gasteiger partial charge on any atom is 0.163 e. The standard InChI is InChI=1S/C19H30N6O/c1-3-7-17-21-18-16(12-20-23(18)2)19(22-17)25-10-6-11-26-15(14-25)13-24-8-4-5-9-24/h12,15H,3-11,13-14H2,1-2H3/t15-/m0/s1. The molecule has 0 bridgehead atoms. The number of ether oxygens (including phenoxy) is 1. The number of aromatic nitrogens is 4. The highest BCUT2D eigenvalue weighted by atomic mass is 16.5. The number of aryl methyl sites for hydroxylation is 2. The van der Waals surface area contributed by atoms with Crippen LogP contribution < -0.4 is 4.90 Å². The maximum absolute atomic E-state index is 6.16. The second kappa shape index (κ2) is 7.88. The molecule has 4 rings (SSSR count). The van der Waals surface area contributed by atoms with Gasteiger partial charge in [0.05, 0.1) is 17.7 Å². The molecule has 0 N–H and O–H groups in total. The molecule has 2 aromatic rings. The number of anilines is 1. The fourth-order valence-electron chi connectivity index (χ4n) is 4.08. The third-order valence-corrected chi connectivity index (χ3v) is 5.40. The Morgan fingerprint density at radius 3 is 2.81 bits per heavy atom. The first kappa shape index (κ1) is 17.7. The zero-order chi connectivity index (χ0) is 17.9. The lowest BCUT2D eigenvalue weighted by atomic mass is 10.2. The summed E-state index contributed by atoms with van der Waals surface area (Å²) in [7, 11) is 1.95. The first-order valence-electron chi connectivity index (χ1n) is 10.0. The van der Waals surface area contributed by atoms with Gasteiger partial charge in [-0.05, 0) is 38.8 Å². The summed E-state index contributed by atoms with van der Waals surface area (Å²) in [6, 6.07) is 0. The van der Waals surface area contributed by atoms with E-state index in [4.69, 9.17) is 14.7 Å². The molecule has 2 fully saturated rings. The summed E-state index contributed by atoms with van der Waals surface area (Å²) in [6.07, 6.45) is 7.76. The lowest BCUT2D eigenvalue weighted by molar-refractivity contribution is 0.0450. The van der Waals surface area contributed by atoms with Crippen molar-refractivity contribution in [2.24, 2.45) is 7.05 Å². The Balaban J connectivity index is 1.61. The summed E-state index contributed by atoms with van der Waals surface area (Å²) in [5.74, 6) is 1.95. The van der Waals surface area contributed by atoms with E-state index in [9.17, 15) is 0 Å². The predicted octanol–water partition coefficient (Wildman–Crippen LogP) is 2.01. The molecule has 0 unspecified atom stereocenters. The molecule has 2 saturated heterocycles. The van der Waals surface area contributed by atoms with Crippen LogP contribution in [-0.4, -0.2) is 70.1 Å². The van der Waals surface area contributed by atoms with Gasteiger partial charge in [0.1, 0.15) is 11.6 Å². The van der Waals surface area contributed by atoms with Crippen molar-refractivity contribution < 1.29 is 4.74 Å². The molecule has 0 spiro atoms. The third kappa shape index (κ3) is 3.69. The summed E-state index contributed by atoms with van der Waals surface area (Å²) in [4.78, 5) is 14.6. The zero-order valence-electron chi connectivity index (χ0n) is 16.0. The molecule has 0 aliphatic carbocycles. The van der Waals surface area contributed by atoms with Gasteiger partial charge in [-0.3, -0.25) is 4.68 Å². The highest BCUT2D eigenvalue weighted by molar-refractivity contribution is 5.87. The van der Waals surface area contributed by atoms with Crippen LogP contribution in [-0.2, 0) is 18.2 Å². The van der Waals surface area contributed by atoms with Gasteiger partial charge >= 0.3 is 0 Å². The largest absolute Gasteiger partial charge is 0.375 e. The lowest BCUT2D eigenvalue weighted by Crippen LogP contribution is -2.39. The van der Waals surface area contributed by atoms with Crippen LogP contribution in [0.15, 0.2) is 6.20 Å². The molecule has 1 atom stereocenters. The van der Waals surface area contributed by atoms with Crippen molar-refractivity contribution in [2.45, 2.75) is 45.1 Å². The maximum atomic E-state index is 6.16. The van der Waals surface area contributed by atoms with Crippen molar-refractivity contribution in [1.82, 2.24) is 24.6 Å². The minimum Gasteiger partial charge on any atom is -0.375 e. The molecule has 0 saturated carbocycles. The zero-order valence-corrected chi connectivity index (χ0v) is 16.0. The van der Waals surface area contributed by atoms with Gasteiger partial charge in [0, 0.05) is 39.7 Å². The van der Waals surface area contributed by atoms with Crippen molar-refractivity contribution in [1.29, 1.82) is 0 Å². The molecular weight excluding hydrogens is 328 g/mol. The van der Waals surface area contributed by atoms with E-state index in [2.05, 4.69) is 21.8 Å². The van der Waals surface area contributed by atoms with Crippen LogP contribution in [0.3, 0.4) is 0 Å². The van der Waals surface area contributed by atoms with Crippen molar-refractivity contribution in [2.75, 3.05) is 44.2 Å². The molecular formula is C19H30N6O. The van der Waals surface area contributed by atoms with E-state index >= 15 is 0 Å². The second-order valence-corrected chi connectivity index (χ2v) is 7.52. The van der Waals surface area contributed by atoms with E-state index in [0.717, 1.165) is 68.2 Å². The SMILES string of the molecule is CCCc1nc(N2CCCO[C@@H](CN3CCCC3)C2)c2cnn(C)c2n1. The first-order valence-corrected chi connectivity index (χ1v) is 10.0. The van der Waals surface area contributed by atoms with Gasteiger partial charge in [-0.25, -0.2) is 9.97 Å². The highest BCUT2D eigenvalue weighted by Crippen LogP contribution is 2.26. The van der Waals surface area contributed by atoms with Gasteiger partial charge in [-0.15, -0.1) is 0 Å². The summed E-state index contributed by atoms with van der Waals surface area (Å²) in [5.41, 5.74) is 0.930. The van der Waals surface area contributed by atoms with Crippen molar-refractivity contribution in [3.05, 3.63) is 12.0 Å². The molecule has 26 heavy (non-hydrogen) atoms. The van der Waals surface area contributed by atoms with E-state index in [1.807, 2.05) is 17.9 Å². The van der Waals surface area contributed by atoms with Crippen LogP contribution in [0.2, 0.25) is 0 Å². The molecule has 2 aromatic heterocycles. The van der Waals surface area contributed by atoms with Crippen LogP contribution >= 0.6 is 0 Å². The minimum absolute atomic E-state index is 0.243. The summed E-state index contributed by atoms with van der Waals surface area (Å²) in [5, 5.41) is 5.48. The third-order valence-electron chi connectivity index (χ3n) is 5.40. The normalized spacial score (nSPS) is 22.2. The van der Waals surface area contributed by atoms with Crippen molar-refractivity contribution >= 4 is 16.9 Å². The molecule has 0 amide bonds. The molecule has 0 radical (unpaired) electrons. The van der Waals surface area contributed by atoms with Gasteiger partial charge in [-0.2, -0.15) is 5.10 Å². The highest BCUT2D eigenvalue weighted by Gasteiger charge is 2.25. The van der Waals surface area contributed by atoms with Crippen molar-refractivity contribution in [3.8, 4) is 0 Å². The number of nitrogens with zero attached hydrogens (tertiary/aromatic N) is 6. The smallest absolute Gasteiger partial charge is 0.163 e. The van der Waals surface area contributed by atoms with Crippen molar-refractivity contribution in [3.63, 3.8) is 0 Å². The number of rotatable bonds is 5. The number of hydrogen-bond acceptors (Lipinski definition) is 6. The van der Waals surface area contributed by atoms with Gasteiger partial charge in [0.2, 0.25) is 0 Å². The quantitative estimate of drug-likeness (QED) is 0.815. The number of hydrogen-bond donors (Lipinski definition) is 0. The Morgan fingerprint density at radius 2 is 2.00 bits per heavy atom. The van der Waals surface area contributed by atoms with E-state index < -0.39 is 0 Å². The van der Waals surface area contributed by atoms with E-state index in [1.54, 1.807) is 0 Å². The molecule has 4 heterocycles. The monoisotopic (exact) mass is 358 g/mol. The van der Waals surface area contributed by atoms with Gasteiger partial charge in [0.15, 0.2) is 5.65 Å². The van der Waals surface area contributed by atoms with E-state index in [-0.39, 0.29) is 6.10 Å². The molecule has 2 aliphatic heterocycles. The van der Waals surface area contributed by atoms with Crippen LogP contribution in [0.1, 0.15) is 38.4 Å². The fourth-order valence-corrected chi connectivity index (χ4v) is 4.08.